The van der Waals surface area contributed by atoms with Crippen molar-refractivity contribution in [3.05, 3.63) is 65.7 Å². The van der Waals surface area contributed by atoms with E-state index in [1.807, 2.05) is 37.3 Å². The van der Waals surface area contributed by atoms with Crippen molar-refractivity contribution in [2.75, 3.05) is 18.4 Å². The van der Waals surface area contributed by atoms with Crippen LogP contribution in [-0.2, 0) is 4.74 Å². The lowest BCUT2D eigenvalue weighted by atomic mass is 10.1. The fourth-order valence-corrected chi connectivity index (χ4v) is 2.84. The Labute approximate surface area is 141 Å². The first-order valence-corrected chi connectivity index (χ1v) is 7.92. The predicted octanol–water partition coefficient (Wildman–Crippen LogP) is 3.55. The number of amides is 2. The number of benzene rings is 2. The molecule has 1 fully saturated rings. The molecule has 5 heteroatoms. The average molecular weight is 321 g/mol. The number of nitrogens with zero attached hydrogens (tertiary/aromatic N) is 2. The Morgan fingerprint density at radius 3 is 2.75 bits per heavy atom. The third-order valence-corrected chi connectivity index (χ3v) is 3.96. The molecule has 0 saturated carbocycles. The number of anilines is 1. The van der Waals surface area contributed by atoms with Crippen LogP contribution in [0, 0.1) is 11.3 Å². The van der Waals surface area contributed by atoms with E-state index in [4.69, 9.17) is 10.00 Å². The van der Waals surface area contributed by atoms with Crippen molar-refractivity contribution in [3.8, 4) is 6.07 Å². The van der Waals surface area contributed by atoms with Crippen LogP contribution in [0.4, 0.5) is 10.5 Å². The molecule has 1 aliphatic heterocycles. The molecule has 3 rings (SSSR count). The summed E-state index contributed by atoms with van der Waals surface area (Å²) in [6, 6.07) is 18.7. The third kappa shape index (κ3) is 3.73. The second-order valence-electron chi connectivity index (χ2n) is 5.87. The van der Waals surface area contributed by atoms with Crippen LogP contribution in [0.2, 0.25) is 0 Å². The van der Waals surface area contributed by atoms with E-state index in [1.54, 1.807) is 29.2 Å². The summed E-state index contributed by atoms with van der Waals surface area (Å²) in [5, 5.41) is 11.8. The number of nitrogens with one attached hydrogen (secondary N) is 1. The quantitative estimate of drug-likeness (QED) is 0.920. The summed E-state index contributed by atoms with van der Waals surface area (Å²) in [6.07, 6.45) is -0.175. The van der Waals surface area contributed by atoms with E-state index in [-0.39, 0.29) is 18.2 Å². The van der Waals surface area contributed by atoms with Gasteiger partial charge in [-0.2, -0.15) is 5.26 Å². The van der Waals surface area contributed by atoms with Gasteiger partial charge < -0.3 is 15.0 Å². The van der Waals surface area contributed by atoms with Crippen LogP contribution in [0.25, 0.3) is 0 Å². The number of urea groups is 1. The van der Waals surface area contributed by atoms with E-state index in [2.05, 4.69) is 11.4 Å². The second-order valence-corrected chi connectivity index (χ2v) is 5.87. The van der Waals surface area contributed by atoms with Gasteiger partial charge in [-0.15, -0.1) is 0 Å². The highest BCUT2D eigenvalue weighted by atomic mass is 16.5. The number of nitriles is 1. The van der Waals surface area contributed by atoms with Crippen LogP contribution in [0.3, 0.4) is 0 Å². The van der Waals surface area contributed by atoms with Crippen molar-refractivity contribution in [3.63, 3.8) is 0 Å². The predicted molar refractivity (Wildman–Crippen MR) is 91.5 cm³/mol. The maximum absolute atomic E-state index is 12.6. The van der Waals surface area contributed by atoms with Crippen LogP contribution >= 0.6 is 0 Å². The van der Waals surface area contributed by atoms with Gasteiger partial charge in [-0.1, -0.05) is 36.4 Å². The minimum atomic E-state index is -0.179. The monoisotopic (exact) mass is 321 g/mol. The molecule has 0 aromatic heterocycles. The van der Waals surface area contributed by atoms with Crippen LogP contribution in [0.15, 0.2) is 54.6 Å². The molecule has 1 saturated heterocycles. The highest BCUT2D eigenvalue weighted by Gasteiger charge is 2.29. The largest absolute Gasteiger partial charge is 0.367 e. The molecule has 0 aliphatic carbocycles. The molecule has 0 radical (unpaired) electrons. The van der Waals surface area contributed by atoms with Crippen molar-refractivity contribution in [2.24, 2.45) is 0 Å². The highest BCUT2D eigenvalue weighted by Crippen LogP contribution is 2.25. The number of morpholine rings is 1. The molecule has 2 aromatic rings. The molecule has 2 amide bonds. The van der Waals surface area contributed by atoms with Gasteiger partial charge in [0.2, 0.25) is 0 Å². The van der Waals surface area contributed by atoms with Gasteiger partial charge in [-0.25, -0.2) is 4.79 Å². The fraction of sp³-hybridized carbons (Fsp3) is 0.263. The lowest BCUT2D eigenvalue weighted by molar-refractivity contribution is -0.0642. The van der Waals surface area contributed by atoms with Gasteiger partial charge in [0.15, 0.2) is 0 Å². The first-order valence-electron chi connectivity index (χ1n) is 7.92. The van der Waals surface area contributed by atoms with Crippen molar-refractivity contribution < 1.29 is 9.53 Å². The van der Waals surface area contributed by atoms with Crippen molar-refractivity contribution in [2.45, 2.75) is 19.1 Å². The van der Waals surface area contributed by atoms with Crippen molar-refractivity contribution >= 4 is 11.7 Å². The lowest BCUT2D eigenvalue weighted by Gasteiger charge is -2.37. The first-order chi connectivity index (χ1) is 11.7. The normalized spacial score (nSPS) is 20.2. The molecule has 24 heavy (non-hydrogen) atoms. The summed E-state index contributed by atoms with van der Waals surface area (Å²) in [5.74, 6) is 0. The van der Waals surface area contributed by atoms with Crippen LogP contribution in [0.1, 0.15) is 24.2 Å². The molecular weight excluding hydrogens is 302 g/mol. The Bertz CT molecular complexity index is 755. The summed E-state index contributed by atoms with van der Waals surface area (Å²) in [6.45, 7) is 3.00. The van der Waals surface area contributed by atoms with Gasteiger partial charge >= 0.3 is 6.03 Å². The molecule has 5 nitrogen and oxygen atoms in total. The van der Waals surface area contributed by atoms with Crippen LogP contribution in [-0.4, -0.2) is 30.1 Å². The maximum Gasteiger partial charge on any atom is 0.322 e. The number of rotatable bonds is 2. The Morgan fingerprint density at radius 2 is 2.00 bits per heavy atom. The molecular formula is C19H19N3O2. The minimum absolute atomic E-state index is 0.0415. The minimum Gasteiger partial charge on any atom is -0.367 e. The summed E-state index contributed by atoms with van der Waals surface area (Å²) in [7, 11) is 0. The van der Waals surface area contributed by atoms with Gasteiger partial charge in [0.25, 0.3) is 0 Å². The van der Waals surface area contributed by atoms with Gasteiger partial charge in [0, 0.05) is 12.2 Å². The lowest BCUT2D eigenvalue weighted by Crippen LogP contribution is -2.47. The van der Waals surface area contributed by atoms with Gasteiger partial charge in [0.1, 0.15) is 6.10 Å². The zero-order valence-electron chi connectivity index (χ0n) is 13.5. The summed E-state index contributed by atoms with van der Waals surface area (Å²) in [4.78, 5) is 14.3. The second kappa shape index (κ2) is 7.16. The van der Waals surface area contributed by atoms with E-state index in [9.17, 15) is 4.79 Å². The van der Waals surface area contributed by atoms with Crippen LogP contribution < -0.4 is 5.32 Å². The molecule has 1 N–H and O–H groups in total. The number of hydrogen-bond acceptors (Lipinski definition) is 3. The molecule has 2 unspecified atom stereocenters. The van der Waals surface area contributed by atoms with E-state index < -0.39 is 0 Å². The Morgan fingerprint density at radius 1 is 1.21 bits per heavy atom. The maximum atomic E-state index is 12.6. The number of ether oxygens (including phenoxy) is 1. The summed E-state index contributed by atoms with van der Waals surface area (Å²) < 4.78 is 5.97. The van der Waals surface area contributed by atoms with Gasteiger partial charge in [0.05, 0.1) is 24.3 Å². The highest BCUT2D eigenvalue weighted by molar-refractivity contribution is 5.89. The van der Waals surface area contributed by atoms with Crippen LogP contribution in [0.5, 0.6) is 0 Å². The Balaban J connectivity index is 1.71. The van der Waals surface area contributed by atoms with Crippen molar-refractivity contribution in [1.82, 2.24) is 4.90 Å². The SMILES string of the molecule is CC1CN(C(=O)Nc2cccc(C#N)c2)CC(c2ccccc2)O1. The standard InChI is InChI=1S/C19H19N3O2/c1-14-12-22(13-18(24-14)16-7-3-2-4-8-16)19(23)21-17-9-5-6-15(10-17)11-20/h2-10,14,18H,12-13H2,1H3,(H,21,23). The Kier molecular flexibility index (Phi) is 4.78. The molecule has 2 aromatic carbocycles. The summed E-state index contributed by atoms with van der Waals surface area (Å²) in [5.41, 5.74) is 2.20. The smallest absolute Gasteiger partial charge is 0.322 e. The zero-order valence-corrected chi connectivity index (χ0v) is 13.5. The number of carbonyl (C=O) groups excluding carboxylic acids is 1. The van der Waals surface area contributed by atoms with E-state index in [0.717, 1.165) is 5.56 Å². The molecule has 0 bridgehead atoms. The fourth-order valence-electron chi connectivity index (χ4n) is 2.84. The topological polar surface area (TPSA) is 65.4 Å². The van der Waals surface area contributed by atoms with E-state index >= 15 is 0 Å². The zero-order chi connectivity index (χ0) is 16.9. The van der Waals surface area contributed by atoms with Crippen molar-refractivity contribution in [1.29, 1.82) is 5.26 Å². The van der Waals surface area contributed by atoms with E-state index in [0.29, 0.717) is 24.3 Å². The summed E-state index contributed by atoms with van der Waals surface area (Å²) >= 11 is 0. The van der Waals surface area contributed by atoms with E-state index in [1.165, 1.54) is 0 Å². The number of carbonyl (C=O) groups is 1. The molecule has 0 spiro atoms. The van der Waals surface area contributed by atoms with Gasteiger partial charge in [-0.05, 0) is 30.7 Å². The third-order valence-electron chi connectivity index (χ3n) is 3.96. The number of hydrogen-bond donors (Lipinski definition) is 1. The average Bonchev–Trinajstić information content (AvgIpc) is 2.62. The molecule has 122 valence electrons. The molecule has 1 heterocycles. The molecule has 2 atom stereocenters. The molecule has 1 aliphatic rings. The van der Waals surface area contributed by atoms with Gasteiger partial charge in [-0.3, -0.25) is 0 Å². The first kappa shape index (κ1) is 16.0. The Hall–Kier alpha value is -2.84.